The summed E-state index contributed by atoms with van der Waals surface area (Å²) in [5, 5.41) is 12.1. The molecule has 239 valence electrons. The maximum absolute atomic E-state index is 11.7. The number of hydrogen-bond donors (Lipinski definition) is 1. The van der Waals surface area contributed by atoms with Crippen LogP contribution < -0.4 is 0 Å². The van der Waals surface area contributed by atoms with Crippen molar-refractivity contribution in [2.45, 2.75) is 112 Å². The minimum absolute atomic E-state index is 0. The van der Waals surface area contributed by atoms with E-state index in [1.807, 2.05) is 58.2 Å². The number of ketones is 1. The molecule has 5 heteroatoms. The molecular formula is C39H50IrNO3-. The summed E-state index contributed by atoms with van der Waals surface area (Å²) in [5.41, 5.74) is 8.12. The number of furan rings is 1. The van der Waals surface area contributed by atoms with Crippen molar-refractivity contribution in [3.63, 3.8) is 0 Å². The Morgan fingerprint density at radius 3 is 2.20 bits per heavy atom. The molecule has 0 atom stereocenters. The third-order valence-electron chi connectivity index (χ3n) is 9.68. The van der Waals surface area contributed by atoms with E-state index in [-0.39, 0.29) is 54.3 Å². The first-order valence-electron chi connectivity index (χ1n) is 16.2. The van der Waals surface area contributed by atoms with Gasteiger partial charge in [0, 0.05) is 66.2 Å². The van der Waals surface area contributed by atoms with Gasteiger partial charge in [-0.15, -0.1) is 35.9 Å². The van der Waals surface area contributed by atoms with Gasteiger partial charge in [0.15, 0.2) is 5.78 Å². The molecule has 1 aliphatic rings. The molecule has 0 saturated carbocycles. The van der Waals surface area contributed by atoms with E-state index in [1.165, 1.54) is 41.0 Å². The molecule has 0 bridgehead atoms. The van der Waals surface area contributed by atoms with Crippen LogP contribution in [0, 0.1) is 24.8 Å². The molecule has 0 unspecified atom stereocenters. The van der Waals surface area contributed by atoms with Crippen LogP contribution in [0.4, 0.5) is 0 Å². The molecule has 1 radical (unpaired) electrons. The zero-order valence-electron chi connectivity index (χ0n) is 28.1. The number of aryl methyl sites for hydroxylation is 1. The SMILES string of the molecule is CCC(CC)C(=O)/C=C(\O)C(CC)CC.Cc1cc2c(c3oc4c(-c5[c-]cccc5)nccc4c13)C(C)(C)CCC2(C)C.[Ir]. The van der Waals surface area contributed by atoms with E-state index in [0.717, 1.165) is 53.5 Å². The van der Waals surface area contributed by atoms with Crippen LogP contribution in [-0.2, 0) is 35.7 Å². The largest absolute Gasteiger partial charge is 0.512 e. The van der Waals surface area contributed by atoms with E-state index < -0.39 is 0 Å². The molecular weight excluding hydrogens is 723 g/mol. The Morgan fingerprint density at radius 2 is 1.61 bits per heavy atom. The van der Waals surface area contributed by atoms with Gasteiger partial charge < -0.3 is 14.5 Å². The summed E-state index contributed by atoms with van der Waals surface area (Å²) in [6.07, 6.45) is 9.16. The third kappa shape index (κ3) is 7.05. The van der Waals surface area contributed by atoms with E-state index >= 15 is 0 Å². The minimum Gasteiger partial charge on any atom is -0.512 e. The van der Waals surface area contributed by atoms with Gasteiger partial charge in [-0.25, -0.2) is 0 Å². The number of fused-ring (bicyclic) bond motifs is 5. The Kier molecular flexibility index (Phi) is 11.8. The Morgan fingerprint density at radius 1 is 0.977 bits per heavy atom. The van der Waals surface area contributed by atoms with Crippen molar-refractivity contribution in [1.29, 1.82) is 0 Å². The number of carbonyl (C=O) groups excluding carboxylic acids is 1. The molecule has 2 aromatic carbocycles. The first-order chi connectivity index (χ1) is 20.4. The fourth-order valence-electron chi connectivity index (χ4n) is 6.68. The molecule has 1 aliphatic carbocycles. The number of benzene rings is 2. The van der Waals surface area contributed by atoms with Gasteiger partial charge >= 0.3 is 0 Å². The van der Waals surface area contributed by atoms with Crippen molar-refractivity contribution >= 4 is 27.7 Å². The molecule has 4 aromatic rings. The quantitative estimate of drug-likeness (QED) is 0.110. The minimum atomic E-state index is 0. The third-order valence-corrected chi connectivity index (χ3v) is 9.68. The number of rotatable bonds is 8. The van der Waals surface area contributed by atoms with E-state index in [0.29, 0.717) is 0 Å². The molecule has 2 heterocycles. The fourth-order valence-corrected chi connectivity index (χ4v) is 6.68. The Labute approximate surface area is 278 Å². The molecule has 0 fully saturated rings. The van der Waals surface area contributed by atoms with Crippen molar-refractivity contribution < 1.29 is 34.4 Å². The average Bonchev–Trinajstić information content (AvgIpc) is 3.38. The maximum atomic E-state index is 11.7. The van der Waals surface area contributed by atoms with E-state index in [1.54, 1.807) is 0 Å². The monoisotopic (exact) mass is 773 g/mol. The van der Waals surface area contributed by atoms with Gasteiger partial charge in [-0.05, 0) is 73.5 Å². The van der Waals surface area contributed by atoms with Gasteiger partial charge in [0.2, 0.25) is 0 Å². The Bertz CT molecular complexity index is 1610. The first-order valence-corrected chi connectivity index (χ1v) is 16.2. The number of aliphatic hydroxyl groups excluding tert-OH is 1. The van der Waals surface area contributed by atoms with Crippen molar-refractivity contribution in [3.8, 4) is 11.3 Å². The van der Waals surface area contributed by atoms with Crippen LogP contribution in [0.2, 0.25) is 0 Å². The Balaban J connectivity index is 0.000000286. The van der Waals surface area contributed by atoms with Crippen LogP contribution in [0.5, 0.6) is 0 Å². The van der Waals surface area contributed by atoms with Crippen molar-refractivity contribution in [3.05, 3.63) is 77.2 Å². The normalized spacial score (nSPS) is 15.6. The molecule has 0 spiro atoms. The smallest absolute Gasteiger partial charge is 0.162 e. The Hall–Kier alpha value is -2.75. The van der Waals surface area contributed by atoms with Crippen LogP contribution >= 0.6 is 0 Å². The summed E-state index contributed by atoms with van der Waals surface area (Å²) in [5.74, 6) is 0.547. The van der Waals surface area contributed by atoms with Gasteiger partial charge in [0.05, 0.1) is 5.76 Å². The number of carbonyl (C=O) groups is 1. The summed E-state index contributed by atoms with van der Waals surface area (Å²) >= 11 is 0. The average molecular weight is 773 g/mol. The molecule has 0 saturated heterocycles. The van der Waals surface area contributed by atoms with Crippen molar-refractivity contribution in [1.82, 2.24) is 4.98 Å². The van der Waals surface area contributed by atoms with Gasteiger partial charge in [-0.2, -0.15) is 0 Å². The molecule has 0 amide bonds. The van der Waals surface area contributed by atoms with Gasteiger partial charge in [0.25, 0.3) is 0 Å². The summed E-state index contributed by atoms with van der Waals surface area (Å²) in [6.45, 7) is 19.7. The second-order valence-corrected chi connectivity index (χ2v) is 13.5. The topological polar surface area (TPSA) is 63.3 Å². The second kappa shape index (κ2) is 14.6. The van der Waals surface area contributed by atoms with E-state index in [4.69, 9.17) is 4.42 Å². The standard InChI is InChI=1S/C26H26NO.C13H24O2.Ir/c1-16-15-19-21(26(4,5)13-12-25(19,2)3)24-20(16)18-11-14-27-22(23(18)28-24)17-9-7-6-8-10-17;1-5-10(6-2)12(14)9-13(15)11(7-3)8-4;/h6-9,11,14-15H,12-13H2,1-5H3;9-11,14H,5-8H2,1-4H3;/q-1;;/b;12-9-;. The van der Waals surface area contributed by atoms with Crippen LogP contribution in [0.15, 0.2) is 58.8 Å². The van der Waals surface area contributed by atoms with Crippen LogP contribution in [-0.4, -0.2) is 15.9 Å². The van der Waals surface area contributed by atoms with Gasteiger partial charge in [-0.3, -0.25) is 4.79 Å². The zero-order valence-corrected chi connectivity index (χ0v) is 30.5. The van der Waals surface area contributed by atoms with Crippen LogP contribution in [0.3, 0.4) is 0 Å². The van der Waals surface area contributed by atoms with E-state index in [9.17, 15) is 9.90 Å². The van der Waals surface area contributed by atoms with Crippen molar-refractivity contribution in [2.75, 3.05) is 0 Å². The van der Waals surface area contributed by atoms with Crippen LogP contribution in [0.1, 0.15) is 111 Å². The number of nitrogens with zero attached hydrogens (tertiary/aromatic N) is 1. The summed E-state index contributed by atoms with van der Waals surface area (Å²) < 4.78 is 6.66. The molecule has 0 aliphatic heterocycles. The number of hydrogen-bond acceptors (Lipinski definition) is 4. The molecule has 4 nitrogen and oxygen atoms in total. The van der Waals surface area contributed by atoms with Gasteiger partial charge in [0.1, 0.15) is 11.2 Å². The molecule has 44 heavy (non-hydrogen) atoms. The maximum Gasteiger partial charge on any atom is 0.162 e. The fraction of sp³-hybridized carbons (Fsp3) is 0.487. The predicted molar refractivity (Wildman–Crippen MR) is 180 cm³/mol. The summed E-state index contributed by atoms with van der Waals surface area (Å²) in [6, 6.07) is 15.8. The van der Waals surface area contributed by atoms with Crippen LogP contribution in [0.25, 0.3) is 33.2 Å². The number of aliphatic hydroxyl groups is 1. The molecule has 2 aromatic heterocycles. The molecule has 5 rings (SSSR count). The number of allylic oxidation sites excluding steroid dienone is 2. The number of pyridine rings is 1. The van der Waals surface area contributed by atoms with Crippen molar-refractivity contribution in [2.24, 2.45) is 11.8 Å². The zero-order chi connectivity index (χ0) is 31.5. The van der Waals surface area contributed by atoms with E-state index in [2.05, 4.69) is 57.8 Å². The summed E-state index contributed by atoms with van der Waals surface area (Å²) in [7, 11) is 0. The van der Waals surface area contributed by atoms with Gasteiger partial charge in [-0.1, -0.05) is 61.5 Å². The second-order valence-electron chi connectivity index (χ2n) is 13.5. The predicted octanol–water partition coefficient (Wildman–Crippen LogP) is 11.0. The number of aromatic nitrogens is 1. The molecule has 1 N–H and O–H groups in total. The first kappa shape index (κ1) is 35.7. The summed E-state index contributed by atoms with van der Waals surface area (Å²) in [4.78, 5) is 16.4.